The van der Waals surface area contributed by atoms with Crippen molar-refractivity contribution in [2.24, 2.45) is 10.9 Å². The van der Waals surface area contributed by atoms with E-state index in [1.165, 1.54) is 6.42 Å². The largest absolute Gasteiger partial charge is 0.352 e. The van der Waals surface area contributed by atoms with Gasteiger partial charge >= 0.3 is 0 Å². The number of nitrogens with one attached hydrogen (secondary N) is 1. The second-order valence-corrected chi connectivity index (χ2v) is 5.44. The van der Waals surface area contributed by atoms with E-state index in [0.29, 0.717) is 6.04 Å². The van der Waals surface area contributed by atoms with Gasteiger partial charge in [0.15, 0.2) is 5.96 Å². The SMILES string of the molecule is CC1CN(C2=NCC(C)N2)C(C)(C)C1. The van der Waals surface area contributed by atoms with E-state index in [2.05, 4.69) is 42.9 Å². The van der Waals surface area contributed by atoms with Gasteiger partial charge in [-0.05, 0) is 33.1 Å². The molecule has 0 aliphatic carbocycles. The first-order valence-electron chi connectivity index (χ1n) is 5.57. The Morgan fingerprint density at radius 2 is 2.14 bits per heavy atom. The van der Waals surface area contributed by atoms with Crippen LogP contribution in [0.15, 0.2) is 4.99 Å². The molecule has 0 radical (unpaired) electrons. The minimum Gasteiger partial charge on any atom is -0.352 e. The standard InChI is InChI=1S/C11H21N3/c1-8-5-11(3,4)14(7-8)10-12-6-9(2)13-10/h8-9H,5-7H2,1-4H3,(H,12,13). The molecule has 0 aromatic rings. The van der Waals surface area contributed by atoms with Crippen molar-refractivity contribution < 1.29 is 0 Å². The molecule has 14 heavy (non-hydrogen) atoms. The third-order valence-electron chi connectivity index (χ3n) is 3.22. The summed E-state index contributed by atoms with van der Waals surface area (Å²) in [6.07, 6.45) is 1.27. The molecule has 0 saturated carbocycles. The number of nitrogens with zero attached hydrogens (tertiary/aromatic N) is 2. The minimum atomic E-state index is 0.273. The molecule has 3 nitrogen and oxygen atoms in total. The van der Waals surface area contributed by atoms with Gasteiger partial charge in [-0.1, -0.05) is 6.92 Å². The van der Waals surface area contributed by atoms with Crippen LogP contribution in [0.25, 0.3) is 0 Å². The Kier molecular flexibility index (Phi) is 2.20. The summed E-state index contributed by atoms with van der Waals surface area (Å²) in [6.45, 7) is 11.2. The Labute approximate surface area is 86.6 Å². The zero-order chi connectivity index (χ0) is 10.3. The maximum atomic E-state index is 4.56. The number of rotatable bonds is 0. The monoisotopic (exact) mass is 195 g/mol. The fraction of sp³-hybridized carbons (Fsp3) is 0.909. The first-order chi connectivity index (χ1) is 6.49. The quantitative estimate of drug-likeness (QED) is 0.633. The molecule has 2 atom stereocenters. The third kappa shape index (κ3) is 1.60. The van der Waals surface area contributed by atoms with Gasteiger partial charge in [0.2, 0.25) is 0 Å². The zero-order valence-electron chi connectivity index (χ0n) is 9.67. The molecule has 0 bridgehead atoms. The Bertz CT molecular complexity index is 257. The van der Waals surface area contributed by atoms with Gasteiger partial charge in [-0.25, -0.2) is 0 Å². The summed E-state index contributed by atoms with van der Waals surface area (Å²) in [5.74, 6) is 1.90. The Morgan fingerprint density at radius 3 is 2.57 bits per heavy atom. The van der Waals surface area contributed by atoms with Crippen molar-refractivity contribution in [3.8, 4) is 0 Å². The van der Waals surface area contributed by atoms with Gasteiger partial charge in [-0.3, -0.25) is 4.99 Å². The van der Waals surface area contributed by atoms with Crippen molar-refractivity contribution in [1.29, 1.82) is 0 Å². The van der Waals surface area contributed by atoms with Crippen molar-refractivity contribution in [2.75, 3.05) is 13.1 Å². The van der Waals surface area contributed by atoms with E-state index in [9.17, 15) is 0 Å². The van der Waals surface area contributed by atoms with Crippen molar-refractivity contribution in [1.82, 2.24) is 10.2 Å². The molecule has 1 N–H and O–H groups in total. The van der Waals surface area contributed by atoms with E-state index in [1.54, 1.807) is 0 Å². The minimum absolute atomic E-state index is 0.273. The van der Waals surface area contributed by atoms with E-state index >= 15 is 0 Å². The van der Waals surface area contributed by atoms with Gasteiger partial charge in [-0.15, -0.1) is 0 Å². The Hall–Kier alpha value is -0.730. The molecule has 3 heteroatoms. The van der Waals surface area contributed by atoms with Gasteiger partial charge in [0.1, 0.15) is 0 Å². The molecular formula is C11H21N3. The molecule has 2 heterocycles. The fourth-order valence-electron chi connectivity index (χ4n) is 2.66. The number of likely N-dealkylation sites (tertiary alicyclic amines) is 1. The summed E-state index contributed by atoms with van der Waals surface area (Å²) < 4.78 is 0. The van der Waals surface area contributed by atoms with Gasteiger partial charge in [0.05, 0.1) is 6.54 Å². The predicted molar refractivity (Wildman–Crippen MR) is 59.5 cm³/mol. The molecule has 2 aliphatic rings. The lowest BCUT2D eigenvalue weighted by Gasteiger charge is -2.33. The lowest BCUT2D eigenvalue weighted by atomic mass is 9.98. The van der Waals surface area contributed by atoms with Crippen LogP contribution >= 0.6 is 0 Å². The average Bonchev–Trinajstić information content (AvgIpc) is 2.55. The van der Waals surface area contributed by atoms with E-state index in [1.807, 2.05) is 0 Å². The van der Waals surface area contributed by atoms with Crippen LogP contribution < -0.4 is 5.32 Å². The van der Waals surface area contributed by atoms with Gasteiger partial charge in [0.25, 0.3) is 0 Å². The van der Waals surface area contributed by atoms with Gasteiger partial charge in [0, 0.05) is 18.1 Å². The summed E-state index contributed by atoms with van der Waals surface area (Å²) in [5, 5.41) is 3.45. The molecule has 0 aromatic heterocycles. The van der Waals surface area contributed by atoms with Crippen molar-refractivity contribution in [3.05, 3.63) is 0 Å². The normalized spacial score (nSPS) is 35.7. The maximum Gasteiger partial charge on any atom is 0.194 e. The van der Waals surface area contributed by atoms with Crippen LogP contribution in [0, 0.1) is 5.92 Å². The summed E-state index contributed by atoms with van der Waals surface area (Å²) in [4.78, 5) is 6.99. The molecule has 0 amide bonds. The van der Waals surface area contributed by atoms with Crippen LogP contribution in [0.3, 0.4) is 0 Å². The highest BCUT2D eigenvalue weighted by atomic mass is 15.4. The molecule has 2 rings (SSSR count). The Balaban J connectivity index is 2.11. The van der Waals surface area contributed by atoms with Crippen LogP contribution in [0.4, 0.5) is 0 Å². The number of hydrogen-bond acceptors (Lipinski definition) is 3. The molecule has 80 valence electrons. The highest BCUT2D eigenvalue weighted by molar-refractivity contribution is 5.82. The molecule has 0 spiro atoms. The maximum absolute atomic E-state index is 4.56. The van der Waals surface area contributed by atoms with E-state index in [0.717, 1.165) is 25.0 Å². The smallest absolute Gasteiger partial charge is 0.194 e. The summed E-state index contributed by atoms with van der Waals surface area (Å²) in [6, 6.07) is 0.511. The lowest BCUT2D eigenvalue weighted by Crippen LogP contribution is -2.48. The molecule has 2 unspecified atom stereocenters. The van der Waals surface area contributed by atoms with Crippen molar-refractivity contribution >= 4 is 5.96 Å². The van der Waals surface area contributed by atoms with Crippen LogP contribution in [0.2, 0.25) is 0 Å². The topological polar surface area (TPSA) is 27.6 Å². The van der Waals surface area contributed by atoms with Crippen molar-refractivity contribution in [3.63, 3.8) is 0 Å². The molecular weight excluding hydrogens is 174 g/mol. The highest BCUT2D eigenvalue weighted by Crippen LogP contribution is 2.32. The second kappa shape index (κ2) is 3.14. The Morgan fingerprint density at radius 1 is 1.43 bits per heavy atom. The zero-order valence-corrected chi connectivity index (χ0v) is 9.67. The van der Waals surface area contributed by atoms with Crippen LogP contribution in [-0.4, -0.2) is 35.5 Å². The average molecular weight is 195 g/mol. The van der Waals surface area contributed by atoms with E-state index in [4.69, 9.17) is 0 Å². The second-order valence-electron chi connectivity index (χ2n) is 5.44. The summed E-state index contributed by atoms with van der Waals surface area (Å²) >= 11 is 0. The first kappa shape index (κ1) is 9.81. The summed E-state index contributed by atoms with van der Waals surface area (Å²) in [7, 11) is 0. The molecule has 0 aromatic carbocycles. The highest BCUT2D eigenvalue weighted by Gasteiger charge is 2.39. The molecule has 1 saturated heterocycles. The number of guanidine groups is 1. The lowest BCUT2D eigenvalue weighted by molar-refractivity contribution is 0.274. The van der Waals surface area contributed by atoms with E-state index < -0.39 is 0 Å². The number of aliphatic imine (C=N–C) groups is 1. The number of hydrogen-bond donors (Lipinski definition) is 1. The van der Waals surface area contributed by atoms with Gasteiger partial charge in [-0.2, -0.15) is 0 Å². The van der Waals surface area contributed by atoms with E-state index in [-0.39, 0.29) is 5.54 Å². The van der Waals surface area contributed by atoms with Crippen LogP contribution in [0.5, 0.6) is 0 Å². The fourth-order valence-corrected chi connectivity index (χ4v) is 2.66. The van der Waals surface area contributed by atoms with Crippen LogP contribution in [-0.2, 0) is 0 Å². The van der Waals surface area contributed by atoms with Crippen molar-refractivity contribution in [2.45, 2.75) is 45.7 Å². The summed E-state index contributed by atoms with van der Waals surface area (Å²) in [5.41, 5.74) is 0.273. The van der Waals surface area contributed by atoms with Gasteiger partial charge < -0.3 is 10.2 Å². The first-order valence-corrected chi connectivity index (χ1v) is 5.57. The van der Waals surface area contributed by atoms with Crippen LogP contribution in [0.1, 0.15) is 34.1 Å². The molecule has 2 aliphatic heterocycles. The predicted octanol–water partition coefficient (Wildman–Crippen LogP) is 1.45. The third-order valence-corrected chi connectivity index (χ3v) is 3.22. The molecule has 1 fully saturated rings.